The van der Waals surface area contributed by atoms with Crippen LogP contribution in [-0.4, -0.2) is 171 Å². The van der Waals surface area contributed by atoms with E-state index < -0.39 is 14.3 Å². The van der Waals surface area contributed by atoms with Crippen LogP contribution in [0.1, 0.15) is 150 Å². The number of β-amino-alcohol motifs (C(OH)–C–C–N with tert-alkyl or cyclic N) is 2. The zero-order valence-corrected chi connectivity index (χ0v) is 66.3. The minimum atomic E-state index is -1.81. The molecule has 3 aliphatic carbocycles. The smallest absolute Gasteiger partial charge is 0.335 e. The number of aliphatic hydroxyl groups is 2. The predicted molar refractivity (Wildman–Crippen MR) is 416 cm³/mol. The first-order valence-corrected chi connectivity index (χ1v) is 40.7. The summed E-state index contributed by atoms with van der Waals surface area (Å²) in [5, 5.41) is 49.5. The van der Waals surface area contributed by atoms with Crippen LogP contribution in [0, 0.1) is 0 Å². The van der Waals surface area contributed by atoms with E-state index in [2.05, 4.69) is 77.5 Å². The number of likely N-dealkylation sites (tertiary alicyclic amines) is 3. The van der Waals surface area contributed by atoms with Gasteiger partial charge in [-0.25, -0.2) is 4.79 Å². The number of rotatable bonds is 20. The summed E-state index contributed by atoms with van der Waals surface area (Å²) in [4.78, 5) is 63.2. The third-order valence-corrected chi connectivity index (χ3v) is 26.9. The molecule has 3 saturated heterocycles. The molecule has 0 radical (unpaired) electrons. The summed E-state index contributed by atoms with van der Waals surface area (Å²) in [5.74, 6) is 3.09. The number of aromatic nitrogens is 4. The Hall–Kier alpha value is -8.88. The quantitative estimate of drug-likeness (QED) is 0.0156. The molecule has 2 aromatic heterocycles. The number of hydrogen-bond acceptors (Lipinski definition) is 18. The number of oxime groups is 1. The summed E-state index contributed by atoms with van der Waals surface area (Å²) in [5.41, 5.74) is 16.5. The predicted octanol–water partition coefficient (Wildman–Crippen LogP) is 14.6. The number of nitrogens with two attached hydrogens (primary N) is 1. The van der Waals surface area contributed by atoms with Crippen molar-refractivity contribution in [3.8, 4) is 62.9 Å². The molecule has 3 atom stereocenters. The number of carbonyl (C=O) groups excluding carboxylic acids is 3. The Morgan fingerprint density at radius 2 is 0.972 bits per heavy atom. The molecule has 3 spiro atoms. The van der Waals surface area contributed by atoms with E-state index in [1.807, 2.05) is 95.0 Å². The second kappa shape index (κ2) is 33.1. The minimum Gasteiger partial charge on any atom is -0.489 e. The summed E-state index contributed by atoms with van der Waals surface area (Å²) >= 11 is 18.6. The second-order valence-corrected chi connectivity index (χ2v) is 37.0. The Balaban J connectivity index is 0.000000149. The average molecular weight is 1550 g/mol. The van der Waals surface area contributed by atoms with Crippen LogP contribution in [0.4, 0.5) is 0 Å². The Kier molecular flexibility index (Phi) is 24.6. The molecular formula is C81H96Cl3N9O14Si. The Morgan fingerprint density at radius 1 is 0.583 bits per heavy atom. The van der Waals surface area contributed by atoms with Crippen LogP contribution in [0.3, 0.4) is 0 Å². The van der Waals surface area contributed by atoms with Gasteiger partial charge in [0.1, 0.15) is 17.2 Å². The molecule has 5 heterocycles. The van der Waals surface area contributed by atoms with Gasteiger partial charge in [-0.3, -0.25) is 14.4 Å². The van der Waals surface area contributed by atoms with E-state index in [4.69, 9.17) is 78.5 Å². The van der Waals surface area contributed by atoms with Gasteiger partial charge in [-0.1, -0.05) is 126 Å². The zero-order chi connectivity index (χ0) is 77.8. The second-order valence-electron chi connectivity index (χ2n) is 30.9. The molecule has 3 unspecified atom stereocenters. The van der Waals surface area contributed by atoms with E-state index in [-0.39, 0.29) is 81.9 Å². The topological polar surface area (TPSA) is 312 Å². The van der Waals surface area contributed by atoms with Crippen LogP contribution in [0.2, 0.25) is 33.2 Å². The number of benzene rings is 6. The molecule has 14 rings (SSSR count). The molecule has 3 amide bonds. The molecule has 0 saturated carbocycles. The highest BCUT2D eigenvalue weighted by Crippen LogP contribution is 2.51. The van der Waals surface area contributed by atoms with E-state index in [1.165, 1.54) is 39.9 Å². The van der Waals surface area contributed by atoms with E-state index in [1.54, 1.807) is 40.1 Å². The molecule has 108 heavy (non-hydrogen) atoms. The molecule has 6 aromatic carbocycles. The van der Waals surface area contributed by atoms with Gasteiger partial charge in [-0.15, -0.1) is 0 Å². The van der Waals surface area contributed by atoms with Crippen LogP contribution in [-0.2, 0) is 54.3 Å². The van der Waals surface area contributed by atoms with Crippen molar-refractivity contribution in [1.29, 1.82) is 0 Å². The molecule has 3 fully saturated rings. The highest BCUT2D eigenvalue weighted by molar-refractivity contribution is 6.74. The maximum Gasteiger partial charge on any atom is 0.335 e. The largest absolute Gasteiger partial charge is 0.489 e. The SMILES string of the molecule is CC(C)(C)[Si](C)(C)OCCN1CC2(CCc3c(C(N)=NO)cccc32)CC1=O.CC(C)Oc1ccc(-c2nc(-c3cccc4c3CCC43CC(=O)N(CCO)C3)no2)cc1Cl.CC(C)Oc1ccc(-c2nc(-c3cccc4c3CCC43CC(=O)N(CCO)C3)no2)cc1Cl.CC(C)Oc1ccc(C(=O)O)cc1Cl. The summed E-state index contributed by atoms with van der Waals surface area (Å²) in [6.45, 7) is 26.7. The van der Waals surface area contributed by atoms with Gasteiger partial charge in [0.05, 0.1) is 58.8 Å². The molecule has 6 aliphatic rings. The number of carboxylic acids is 1. The zero-order valence-electron chi connectivity index (χ0n) is 63.0. The van der Waals surface area contributed by atoms with Gasteiger partial charge in [-0.2, -0.15) is 9.97 Å². The molecular weight excluding hydrogens is 1460 g/mol. The number of carbonyl (C=O) groups is 4. The maximum absolute atomic E-state index is 12.8. The number of amides is 3. The standard InChI is InChI=1S/2C25H26ClN3O4.C21H33N3O3Si.C10H11ClO3/c2*1-15(2)32-21-7-6-16(12-20(21)26)24-27-23(28-33-24)18-4-3-5-19-17(18)8-9-25(19)13-22(31)29(14-25)10-11-30;1-20(2,3)28(4,5)27-12-11-24-14-21(13-18(24)25)10-9-15-16(19(22)23-26)7-6-8-17(15)21;1-6(2)14-9-4-3-7(10(12)13)5-8(9)11/h2*3-7,12,15,30H,8-11,13-14H2,1-2H3;6-8,26H,9-14H2,1-5H3,(H2,22,23);3-6H,1-2H3,(H,12,13). The van der Waals surface area contributed by atoms with E-state index in [0.717, 1.165) is 78.5 Å². The van der Waals surface area contributed by atoms with E-state index in [0.29, 0.717) is 114 Å². The highest BCUT2D eigenvalue weighted by atomic mass is 35.5. The van der Waals surface area contributed by atoms with Gasteiger partial charge in [0.25, 0.3) is 11.8 Å². The maximum atomic E-state index is 12.8. The van der Waals surface area contributed by atoms with E-state index in [9.17, 15) is 29.4 Å². The highest BCUT2D eigenvalue weighted by Gasteiger charge is 2.51. The fourth-order valence-corrected chi connectivity index (χ4v) is 17.1. The van der Waals surface area contributed by atoms with E-state index >= 15 is 0 Å². The van der Waals surface area contributed by atoms with Crippen LogP contribution in [0.5, 0.6) is 17.2 Å². The number of hydrogen-bond donors (Lipinski definition) is 5. The molecule has 6 N–H and O–H groups in total. The third kappa shape index (κ3) is 17.2. The molecule has 574 valence electrons. The average Bonchev–Trinajstić information content (AvgIpc) is 1.60. The van der Waals surface area contributed by atoms with Crippen molar-refractivity contribution in [2.75, 3.05) is 59.1 Å². The number of amidine groups is 1. The fourth-order valence-electron chi connectivity index (χ4n) is 15.4. The Labute approximate surface area is 645 Å². The minimum absolute atomic E-state index is 0.0168. The lowest BCUT2D eigenvalue weighted by Gasteiger charge is -2.36. The van der Waals surface area contributed by atoms with Crippen molar-refractivity contribution in [3.63, 3.8) is 0 Å². The van der Waals surface area contributed by atoms with Crippen molar-refractivity contribution in [1.82, 2.24) is 35.0 Å². The number of aliphatic hydroxyl groups excluding tert-OH is 2. The lowest BCUT2D eigenvalue weighted by molar-refractivity contribution is -0.128. The lowest BCUT2D eigenvalue weighted by Crippen LogP contribution is -2.43. The van der Waals surface area contributed by atoms with Crippen molar-refractivity contribution in [2.24, 2.45) is 10.9 Å². The Bertz CT molecular complexity index is 4490. The summed E-state index contributed by atoms with van der Waals surface area (Å²) in [7, 11) is -1.81. The molecule has 0 bridgehead atoms. The number of aromatic carboxylic acids is 1. The van der Waals surface area contributed by atoms with Crippen LogP contribution in [0.25, 0.3) is 45.7 Å². The number of ether oxygens (including phenoxy) is 3. The van der Waals surface area contributed by atoms with Gasteiger partial charge >= 0.3 is 5.97 Å². The summed E-state index contributed by atoms with van der Waals surface area (Å²) in [6.07, 6.45) is 6.81. The molecule has 3 aliphatic heterocycles. The Morgan fingerprint density at radius 3 is 1.35 bits per heavy atom. The molecule has 8 aromatic rings. The fraction of sp³-hybridized carbons (Fsp3) is 0.444. The van der Waals surface area contributed by atoms with Crippen LogP contribution in [0.15, 0.2) is 123 Å². The third-order valence-electron chi connectivity index (χ3n) is 21.5. The van der Waals surface area contributed by atoms with Gasteiger partial charge in [0, 0.05) is 103 Å². The number of nitrogens with zero attached hydrogens (tertiary/aromatic N) is 8. The summed E-state index contributed by atoms with van der Waals surface area (Å²) in [6, 6.07) is 33.4. The van der Waals surface area contributed by atoms with Crippen LogP contribution >= 0.6 is 34.8 Å². The van der Waals surface area contributed by atoms with Crippen molar-refractivity contribution in [3.05, 3.63) is 169 Å². The number of carboxylic acid groups (broad SMARTS) is 1. The normalized spacial score (nSPS) is 19.3. The van der Waals surface area contributed by atoms with Gasteiger partial charge in [0.15, 0.2) is 14.2 Å². The number of fused-ring (bicyclic) bond motifs is 6. The van der Waals surface area contributed by atoms with Gasteiger partial charge in [-0.05, 0) is 186 Å². The molecule has 27 heteroatoms. The first-order chi connectivity index (χ1) is 51.3. The number of halogens is 3. The first kappa shape index (κ1) is 80.1. The van der Waals surface area contributed by atoms with Gasteiger partial charge < -0.3 is 68.6 Å². The van der Waals surface area contributed by atoms with Crippen molar-refractivity contribution >= 4 is 72.6 Å². The lowest BCUT2D eigenvalue weighted by atomic mass is 9.80. The first-order valence-electron chi connectivity index (χ1n) is 36.7. The van der Waals surface area contributed by atoms with Crippen molar-refractivity contribution < 1.29 is 67.4 Å². The molecule has 23 nitrogen and oxygen atoms in total. The van der Waals surface area contributed by atoms with Crippen LogP contribution < -0.4 is 19.9 Å². The summed E-state index contributed by atoms with van der Waals surface area (Å²) < 4.78 is 34.2. The monoisotopic (exact) mass is 1550 g/mol. The van der Waals surface area contributed by atoms with Gasteiger partial charge in [0.2, 0.25) is 29.4 Å². The van der Waals surface area contributed by atoms with Crippen molar-refractivity contribution in [2.45, 2.75) is 173 Å².